The van der Waals surface area contributed by atoms with Crippen molar-refractivity contribution in [2.75, 3.05) is 13.7 Å². The smallest absolute Gasteiger partial charge is 0.330 e. The molecule has 36 heavy (non-hydrogen) atoms. The van der Waals surface area contributed by atoms with Crippen molar-refractivity contribution in [2.45, 2.75) is 37.6 Å². The van der Waals surface area contributed by atoms with Crippen LogP contribution >= 0.6 is 0 Å². The fourth-order valence-electron chi connectivity index (χ4n) is 3.79. The maximum absolute atomic E-state index is 13.0. The maximum Gasteiger partial charge on any atom is 0.330 e. The highest BCUT2D eigenvalue weighted by molar-refractivity contribution is 5.83. The molecule has 2 aromatic carbocycles. The number of benzene rings is 2. The zero-order chi connectivity index (χ0) is 25.8. The van der Waals surface area contributed by atoms with Gasteiger partial charge in [-0.15, -0.1) is 0 Å². The number of fused-ring (bicyclic) bond motifs is 1. The van der Waals surface area contributed by atoms with Crippen molar-refractivity contribution < 1.29 is 43.5 Å². The van der Waals surface area contributed by atoms with E-state index in [1.807, 2.05) is 0 Å². The molecular formula is C26H26O10. The largest absolute Gasteiger partial charge is 0.497 e. The summed E-state index contributed by atoms with van der Waals surface area (Å²) >= 11 is 0. The summed E-state index contributed by atoms with van der Waals surface area (Å²) in [6.45, 7) is 1.28. The standard InChI is InChI=1S/C26H26O10/c1-3-4-21(27)34-13-20-23(29)24(30)25(31)26(36-20)35-16-9-10-17-19(11-16)33-12-18(22(17)28)14-5-7-15(32-2)8-6-14/h3-12,20,23-26,29-31H,13H2,1-2H3. The maximum atomic E-state index is 13.0. The third-order valence-corrected chi connectivity index (χ3v) is 5.76. The molecule has 3 N–H and O–H groups in total. The molecule has 3 aromatic rings. The van der Waals surface area contributed by atoms with E-state index in [1.54, 1.807) is 38.3 Å². The highest BCUT2D eigenvalue weighted by Crippen LogP contribution is 2.28. The average molecular weight is 498 g/mol. The molecule has 1 aliphatic rings. The second-order valence-electron chi connectivity index (χ2n) is 8.13. The lowest BCUT2D eigenvalue weighted by atomic mass is 9.99. The zero-order valence-electron chi connectivity index (χ0n) is 19.6. The Morgan fingerprint density at radius 2 is 1.75 bits per heavy atom. The normalized spacial score (nSPS) is 24.1. The second-order valence-corrected chi connectivity index (χ2v) is 8.13. The number of hydrogen-bond acceptors (Lipinski definition) is 10. The van der Waals surface area contributed by atoms with E-state index < -0.39 is 36.7 Å². The first-order valence-electron chi connectivity index (χ1n) is 11.2. The van der Waals surface area contributed by atoms with Gasteiger partial charge in [0.2, 0.25) is 6.29 Å². The molecule has 0 aliphatic carbocycles. The molecule has 5 atom stereocenters. The van der Waals surface area contributed by atoms with Gasteiger partial charge in [0.15, 0.2) is 5.43 Å². The third-order valence-electron chi connectivity index (χ3n) is 5.76. The number of hydrogen-bond donors (Lipinski definition) is 3. The van der Waals surface area contributed by atoms with Crippen LogP contribution in [0.15, 0.2) is 70.1 Å². The molecule has 190 valence electrons. The number of allylic oxidation sites excluding steroid dienone is 1. The van der Waals surface area contributed by atoms with Crippen LogP contribution < -0.4 is 14.9 Å². The number of aliphatic hydroxyl groups excluding tert-OH is 3. The molecule has 1 saturated heterocycles. The summed E-state index contributed by atoms with van der Waals surface area (Å²) in [5, 5.41) is 31.1. The topological polar surface area (TPSA) is 145 Å². The van der Waals surface area contributed by atoms with Crippen LogP contribution in [-0.2, 0) is 14.3 Å². The van der Waals surface area contributed by atoms with Gasteiger partial charge in [-0.2, -0.15) is 0 Å². The minimum atomic E-state index is -1.61. The quantitative estimate of drug-likeness (QED) is 0.326. The Balaban J connectivity index is 1.53. The Hall–Kier alpha value is -3.70. The van der Waals surface area contributed by atoms with Crippen LogP contribution in [0.4, 0.5) is 0 Å². The summed E-state index contributed by atoms with van der Waals surface area (Å²) in [6, 6.07) is 11.4. The van der Waals surface area contributed by atoms with Gasteiger partial charge < -0.3 is 38.7 Å². The van der Waals surface area contributed by atoms with Crippen LogP contribution in [-0.4, -0.2) is 65.7 Å². The molecule has 0 amide bonds. The Bertz CT molecular complexity index is 1300. The second kappa shape index (κ2) is 10.9. The highest BCUT2D eigenvalue weighted by Gasteiger charge is 2.45. The molecule has 0 saturated carbocycles. The van der Waals surface area contributed by atoms with E-state index in [9.17, 15) is 24.9 Å². The molecule has 4 rings (SSSR count). The lowest BCUT2D eigenvalue weighted by molar-refractivity contribution is -0.278. The van der Waals surface area contributed by atoms with Gasteiger partial charge in [0.25, 0.3) is 0 Å². The number of esters is 1. The molecule has 1 fully saturated rings. The summed E-state index contributed by atoms with van der Waals surface area (Å²) in [5.74, 6) is 0.193. The van der Waals surface area contributed by atoms with Gasteiger partial charge in [-0.25, -0.2) is 4.79 Å². The van der Waals surface area contributed by atoms with Crippen LogP contribution in [0.5, 0.6) is 11.5 Å². The van der Waals surface area contributed by atoms with Gasteiger partial charge in [0, 0.05) is 12.1 Å². The SMILES string of the molecule is CC=CC(=O)OCC1OC(Oc2ccc3c(=O)c(-c4ccc(OC)cc4)coc3c2)C(O)C(O)C1O. The van der Waals surface area contributed by atoms with Gasteiger partial charge in [-0.1, -0.05) is 18.2 Å². The van der Waals surface area contributed by atoms with Gasteiger partial charge in [0.1, 0.15) is 54.4 Å². The zero-order valence-corrected chi connectivity index (χ0v) is 19.6. The van der Waals surface area contributed by atoms with Crippen LogP contribution in [0.2, 0.25) is 0 Å². The van der Waals surface area contributed by atoms with Crippen LogP contribution in [0.1, 0.15) is 6.92 Å². The van der Waals surface area contributed by atoms with E-state index in [4.69, 9.17) is 23.4 Å². The molecule has 5 unspecified atom stereocenters. The fourth-order valence-corrected chi connectivity index (χ4v) is 3.79. The number of rotatable bonds is 7. The highest BCUT2D eigenvalue weighted by atomic mass is 16.7. The van der Waals surface area contributed by atoms with E-state index in [0.29, 0.717) is 22.3 Å². The van der Waals surface area contributed by atoms with Crippen LogP contribution in [0.25, 0.3) is 22.1 Å². The predicted molar refractivity (Wildman–Crippen MR) is 128 cm³/mol. The molecule has 10 nitrogen and oxygen atoms in total. The van der Waals surface area contributed by atoms with Crippen molar-refractivity contribution in [3.05, 3.63) is 71.1 Å². The average Bonchev–Trinajstić information content (AvgIpc) is 2.89. The molecule has 0 bridgehead atoms. The van der Waals surface area contributed by atoms with Crippen molar-refractivity contribution in [3.8, 4) is 22.6 Å². The van der Waals surface area contributed by atoms with E-state index in [0.717, 1.165) is 0 Å². The number of ether oxygens (including phenoxy) is 4. The van der Waals surface area contributed by atoms with Crippen molar-refractivity contribution in [1.29, 1.82) is 0 Å². The van der Waals surface area contributed by atoms with Crippen molar-refractivity contribution in [3.63, 3.8) is 0 Å². The third kappa shape index (κ3) is 5.26. The lowest BCUT2D eigenvalue weighted by Gasteiger charge is -2.39. The number of carbonyl (C=O) groups excluding carboxylic acids is 1. The molecule has 1 aromatic heterocycles. The Kier molecular flexibility index (Phi) is 7.70. The summed E-state index contributed by atoms with van der Waals surface area (Å²) < 4.78 is 27.0. The van der Waals surface area contributed by atoms with Crippen LogP contribution in [0, 0.1) is 0 Å². The molecule has 1 aliphatic heterocycles. The molecule has 0 spiro atoms. The van der Waals surface area contributed by atoms with E-state index in [2.05, 4.69) is 0 Å². The minimum Gasteiger partial charge on any atom is -0.497 e. The number of carbonyl (C=O) groups is 1. The van der Waals surface area contributed by atoms with Crippen molar-refractivity contribution in [1.82, 2.24) is 0 Å². The summed E-state index contributed by atoms with van der Waals surface area (Å²) in [6.07, 6.45) is -3.23. The minimum absolute atomic E-state index is 0.181. The molecule has 2 heterocycles. The van der Waals surface area contributed by atoms with Gasteiger partial charge >= 0.3 is 5.97 Å². The van der Waals surface area contributed by atoms with Crippen LogP contribution in [0.3, 0.4) is 0 Å². The van der Waals surface area contributed by atoms with E-state index in [1.165, 1.54) is 36.6 Å². The first kappa shape index (κ1) is 25.4. The summed E-state index contributed by atoms with van der Waals surface area (Å²) in [4.78, 5) is 24.6. The molecule has 10 heteroatoms. The number of aliphatic hydroxyl groups is 3. The molecule has 0 radical (unpaired) electrons. The summed E-state index contributed by atoms with van der Waals surface area (Å²) in [7, 11) is 1.55. The fraction of sp³-hybridized carbons (Fsp3) is 0.308. The van der Waals surface area contributed by atoms with Crippen molar-refractivity contribution in [2.24, 2.45) is 0 Å². The first-order valence-corrected chi connectivity index (χ1v) is 11.2. The first-order chi connectivity index (χ1) is 17.3. The monoisotopic (exact) mass is 498 g/mol. The predicted octanol–water partition coefficient (Wildman–Crippen LogP) is 1.77. The van der Waals surface area contributed by atoms with Gasteiger partial charge in [-0.3, -0.25) is 4.79 Å². The lowest BCUT2D eigenvalue weighted by Crippen LogP contribution is -2.60. The van der Waals surface area contributed by atoms with E-state index >= 15 is 0 Å². The van der Waals surface area contributed by atoms with E-state index in [-0.39, 0.29) is 23.4 Å². The number of methoxy groups -OCH3 is 1. The van der Waals surface area contributed by atoms with Crippen molar-refractivity contribution >= 4 is 16.9 Å². The van der Waals surface area contributed by atoms with Gasteiger partial charge in [0.05, 0.1) is 18.1 Å². The van der Waals surface area contributed by atoms with Gasteiger partial charge in [-0.05, 0) is 36.8 Å². The molecular weight excluding hydrogens is 472 g/mol. The Morgan fingerprint density at radius 3 is 2.44 bits per heavy atom. The summed E-state index contributed by atoms with van der Waals surface area (Å²) in [5.41, 5.74) is 1.03. The Labute approximate surface area is 205 Å². The Morgan fingerprint density at radius 1 is 1.03 bits per heavy atom.